The van der Waals surface area contributed by atoms with Crippen LogP contribution in [-0.4, -0.2) is 14.4 Å². The van der Waals surface area contributed by atoms with Crippen molar-refractivity contribution in [1.29, 1.82) is 0 Å². The van der Waals surface area contributed by atoms with Crippen LogP contribution in [0.3, 0.4) is 0 Å². The molecule has 1 N–H and O–H groups in total. The van der Waals surface area contributed by atoms with Crippen molar-refractivity contribution in [2.24, 2.45) is 0 Å². The number of nitrogens with zero attached hydrogens (tertiary/aromatic N) is 2. The first-order valence-corrected chi connectivity index (χ1v) is 3.70. The van der Waals surface area contributed by atoms with Crippen LogP contribution in [0.5, 0.6) is 5.75 Å². The summed E-state index contributed by atoms with van der Waals surface area (Å²) in [7, 11) is 2.52. The van der Waals surface area contributed by atoms with Crippen LogP contribution < -0.4 is 0 Å². The average molecular weight is 166 g/mol. The minimum absolute atomic E-state index is 0.203. The zero-order valence-corrected chi connectivity index (χ0v) is 6.88. The van der Waals surface area contributed by atoms with E-state index < -0.39 is 0 Å². The molecule has 1 unspecified atom stereocenters. The van der Waals surface area contributed by atoms with E-state index in [0.717, 1.165) is 11.0 Å². The predicted octanol–water partition coefficient (Wildman–Crippen LogP) is 1.38. The molecule has 0 aliphatic rings. The number of pyridine rings is 1. The smallest absolute Gasteiger partial charge is 0.142 e. The van der Waals surface area contributed by atoms with Crippen LogP contribution in [-0.2, 0) is 0 Å². The lowest BCUT2D eigenvalue weighted by molar-refractivity contribution is 0.474. The number of rotatable bonds is 0. The molecule has 0 saturated carbocycles. The van der Waals surface area contributed by atoms with Gasteiger partial charge in [0.2, 0.25) is 0 Å². The van der Waals surface area contributed by atoms with Crippen LogP contribution in [0.1, 0.15) is 0 Å². The van der Waals surface area contributed by atoms with E-state index in [4.69, 9.17) is 5.11 Å². The molecule has 0 radical (unpaired) electrons. The Labute approximate surface area is 65.9 Å². The largest absolute Gasteiger partial charge is 0.506 e. The van der Waals surface area contributed by atoms with E-state index in [1.165, 1.54) is 6.20 Å². The van der Waals surface area contributed by atoms with E-state index in [1.54, 1.807) is 6.07 Å². The molecule has 2 rings (SSSR count). The Morgan fingerprint density at radius 2 is 2.36 bits per heavy atom. The molecule has 0 aliphatic carbocycles. The van der Waals surface area contributed by atoms with Crippen LogP contribution in [0.15, 0.2) is 24.5 Å². The van der Waals surface area contributed by atoms with Crippen LogP contribution in [0.4, 0.5) is 0 Å². The summed E-state index contributed by atoms with van der Waals surface area (Å²) < 4.78 is 1.83. The third-order valence-electron chi connectivity index (χ3n) is 1.54. The molecule has 2 aromatic rings. The van der Waals surface area contributed by atoms with Gasteiger partial charge in [0.1, 0.15) is 11.4 Å². The van der Waals surface area contributed by atoms with Gasteiger partial charge in [0.05, 0.1) is 6.20 Å². The Hall–Kier alpha value is -1.08. The lowest BCUT2D eigenvalue weighted by Gasteiger charge is -1.93. The quantitative estimate of drug-likeness (QED) is 0.600. The molecule has 56 valence electrons. The molecule has 0 fully saturated rings. The van der Waals surface area contributed by atoms with Crippen molar-refractivity contribution >= 4 is 20.4 Å². The summed E-state index contributed by atoms with van der Waals surface area (Å²) in [4.78, 5) is 4.03. The second-order valence-corrected chi connectivity index (χ2v) is 2.89. The van der Waals surface area contributed by atoms with E-state index in [2.05, 4.69) is 14.4 Å². The summed E-state index contributed by atoms with van der Waals surface area (Å²) in [5.74, 6) is 0.203. The number of aromatic nitrogens is 2. The highest BCUT2D eigenvalue weighted by Gasteiger charge is 1.98. The highest BCUT2D eigenvalue weighted by molar-refractivity contribution is 7.14. The minimum atomic E-state index is 0.203. The number of hydrogen-bond donors (Lipinski definition) is 1. The maximum absolute atomic E-state index is 9.06. The van der Waals surface area contributed by atoms with Gasteiger partial charge >= 0.3 is 0 Å². The molecule has 0 bridgehead atoms. The van der Waals surface area contributed by atoms with Crippen molar-refractivity contribution in [3.63, 3.8) is 0 Å². The number of hydrogen-bond acceptors (Lipinski definition) is 2. The molecule has 3 nitrogen and oxygen atoms in total. The van der Waals surface area contributed by atoms with Crippen molar-refractivity contribution in [2.45, 2.75) is 0 Å². The summed E-state index contributed by atoms with van der Waals surface area (Å²) in [5, 5.41) is 10.0. The van der Waals surface area contributed by atoms with Gasteiger partial charge in [-0.15, -0.1) is 0 Å². The molecular weight excluding hydrogens is 159 g/mol. The standard InChI is InChI=1S/C7H7N2OP/c10-6-3-5-1-2-9(11)7(5)8-4-6/h1-4,10H,11H2. The summed E-state index contributed by atoms with van der Waals surface area (Å²) in [6.07, 6.45) is 3.31. The van der Waals surface area contributed by atoms with Crippen molar-refractivity contribution in [1.82, 2.24) is 9.32 Å². The van der Waals surface area contributed by atoms with Gasteiger partial charge in [0, 0.05) is 11.6 Å². The van der Waals surface area contributed by atoms with Crippen molar-refractivity contribution in [3.05, 3.63) is 24.5 Å². The van der Waals surface area contributed by atoms with Gasteiger partial charge in [0.15, 0.2) is 0 Å². The summed E-state index contributed by atoms with van der Waals surface area (Å²) in [6.45, 7) is 0. The fraction of sp³-hybridized carbons (Fsp3) is 0. The molecule has 0 amide bonds. The Morgan fingerprint density at radius 1 is 1.55 bits per heavy atom. The minimum Gasteiger partial charge on any atom is -0.506 e. The first kappa shape index (κ1) is 6.62. The predicted molar refractivity (Wildman–Crippen MR) is 46.5 cm³/mol. The van der Waals surface area contributed by atoms with Crippen molar-refractivity contribution < 1.29 is 5.11 Å². The zero-order valence-electron chi connectivity index (χ0n) is 5.73. The Balaban J connectivity index is 2.86. The number of fused-ring (bicyclic) bond motifs is 1. The molecule has 0 spiro atoms. The van der Waals surface area contributed by atoms with E-state index in [9.17, 15) is 0 Å². The maximum Gasteiger partial charge on any atom is 0.142 e. The molecule has 4 heteroatoms. The Bertz CT molecular complexity index is 396. The lowest BCUT2D eigenvalue weighted by Crippen LogP contribution is -1.79. The number of aromatic hydroxyl groups is 1. The van der Waals surface area contributed by atoms with E-state index >= 15 is 0 Å². The SMILES string of the molecule is Oc1cnc2c(ccn2P)c1. The third kappa shape index (κ3) is 0.976. The summed E-state index contributed by atoms with van der Waals surface area (Å²) in [5.41, 5.74) is 0.854. The lowest BCUT2D eigenvalue weighted by atomic mass is 10.3. The summed E-state index contributed by atoms with van der Waals surface area (Å²) >= 11 is 0. The fourth-order valence-electron chi connectivity index (χ4n) is 1.03. The average Bonchev–Trinajstić information content (AvgIpc) is 2.32. The second-order valence-electron chi connectivity index (χ2n) is 2.33. The van der Waals surface area contributed by atoms with Gasteiger partial charge in [-0.05, 0) is 21.5 Å². The van der Waals surface area contributed by atoms with Crippen LogP contribution in [0, 0.1) is 0 Å². The second kappa shape index (κ2) is 2.21. The zero-order chi connectivity index (χ0) is 7.84. The van der Waals surface area contributed by atoms with Crippen LogP contribution in [0.25, 0.3) is 11.0 Å². The summed E-state index contributed by atoms with van der Waals surface area (Å²) in [6, 6.07) is 3.58. The molecule has 1 atom stereocenters. The van der Waals surface area contributed by atoms with Gasteiger partial charge in [-0.1, -0.05) is 0 Å². The molecule has 11 heavy (non-hydrogen) atoms. The van der Waals surface area contributed by atoms with Gasteiger partial charge in [-0.25, -0.2) is 4.98 Å². The molecule has 2 aromatic heterocycles. The Kier molecular flexibility index (Phi) is 1.33. The first-order chi connectivity index (χ1) is 5.27. The Morgan fingerprint density at radius 3 is 3.18 bits per heavy atom. The topological polar surface area (TPSA) is 38.1 Å². The van der Waals surface area contributed by atoms with E-state index in [0.29, 0.717) is 0 Å². The molecule has 0 aromatic carbocycles. The highest BCUT2D eigenvalue weighted by atomic mass is 31.0. The first-order valence-electron chi connectivity index (χ1n) is 3.18. The third-order valence-corrected chi connectivity index (χ3v) is 1.96. The van der Waals surface area contributed by atoms with Gasteiger partial charge in [0.25, 0.3) is 0 Å². The maximum atomic E-state index is 9.06. The highest BCUT2D eigenvalue weighted by Crippen LogP contribution is 2.19. The van der Waals surface area contributed by atoms with Crippen LogP contribution in [0.2, 0.25) is 0 Å². The van der Waals surface area contributed by atoms with Gasteiger partial charge in [-0.2, -0.15) is 0 Å². The van der Waals surface area contributed by atoms with Crippen molar-refractivity contribution in [3.8, 4) is 5.75 Å². The van der Waals surface area contributed by atoms with Gasteiger partial charge in [-0.3, -0.25) is 0 Å². The normalized spacial score (nSPS) is 10.6. The fourth-order valence-corrected chi connectivity index (χ4v) is 1.33. The molecule has 0 aliphatic heterocycles. The molecule has 2 heterocycles. The van der Waals surface area contributed by atoms with Crippen molar-refractivity contribution in [2.75, 3.05) is 0 Å². The molecular formula is C7H7N2OP. The monoisotopic (exact) mass is 166 g/mol. The molecule has 0 saturated heterocycles. The van der Waals surface area contributed by atoms with Gasteiger partial charge < -0.3 is 9.44 Å². The van der Waals surface area contributed by atoms with E-state index in [-0.39, 0.29) is 5.75 Å². The van der Waals surface area contributed by atoms with E-state index in [1.807, 2.05) is 16.6 Å². The van der Waals surface area contributed by atoms with Crippen LogP contribution >= 0.6 is 9.39 Å².